The van der Waals surface area contributed by atoms with Crippen LogP contribution in [-0.4, -0.2) is 5.10 Å². The highest BCUT2D eigenvalue weighted by atomic mass is 16.3. The van der Waals surface area contributed by atoms with Crippen LogP contribution in [-0.2, 0) is 7.05 Å². The second-order valence-corrected chi connectivity index (χ2v) is 5.27. The highest BCUT2D eigenvalue weighted by molar-refractivity contribution is 6.07. The molecule has 102 valence electrons. The lowest BCUT2D eigenvalue weighted by atomic mass is 10.0. The third kappa shape index (κ3) is 1.74. The minimum Gasteiger partial charge on any atom is -0.449 e. The van der Waals surface area contributed by atoms with Crippen molar-refractivity contribution in [2.45, 2.75) is 6.92 Å². The number of rotatable bonds is 1. The molecule has 3 heteroatoms. The maximum atomic E-state index is 6.11. The zero-order chi connectivity index (χ0) is 14.4. The Balaban J connectivity index is 2.18. The van der Waals surface area contributed by atoms with Crippen molar-refractivity contribution in [2.24, 2.45) is 7.05 Å². The first-order valence-electron chi connectivity index (χ1n) is 6.98. The number of hydrogen-bond acceptors (Lipinski definition) is 2. The molecule has 0 aliphatic rings. The molecule has 4 aromatic rings. The van der Waals surface area contributed by atoms with Crippen molar-refractivity contribution >= 4 is 21.9 Å². The smallest absolute Gasteiger partial charge is 0.282 e. The summed E-state index contributed by atoms with van der Waals surface area (Å²) in [6.07, 6.45) is 1.88. The number of aromatic nitrogens is 2. The summed E-state index contributed by atoms with van der Waals surface area (Å²) >= 11 is 0. The van der Waals surface area contributed by atoms with Gasteiger partial charge in [-0.25, -0.2) is 0 Å². The molecule has 0 atom stereocenters. The van der Waals surface area contributed by atoms with E-state index in [-0.39, 0.29) is 0 Å². The van der Waals surface area contributed by atoms with E-state index in [9.17, 15) is 0 Å². The van der Waals surface area contributed by atoms with Gasteiger partial charge in [-0.2, -0.15) is 0 Å². The Bertz CT molecular complexity index is 969. The van der Waals surface area contributed by atoms with E-state index in [4.69, 9.17) is 4.42 Å². The van der Waals surface area contributed by atoms with Crippen LogP contribution < -0.4 is 4.68 Å². The van der Waals surface area contributed by atoms with Gasteiger partial charge in [0.1, 0.15) is 11.8 Å². The Kier molecular flexibility index (Phi) is 2.54. The van der Waals surface area contributed by atoms with Crippen molar-refractivity contribution in [3.8, 4) is 11.3 Å². The lowest BCUT2D eigenvalue weighted by Crippen LogP contribution is -2.35. The molecule has 0 bridgehead atoms. The van der Waals surface area contributed by atoms with Crippen LogP contribution in [0.4, 0.5) is 0 Å². The molecule has 2 aromatic heterocycles. The van der Waals surface area contributed by atoms with Gasteiger partial charge < -0.3 is 4.42 Å². The molecule has 0 radical (unpaired) electrons. The quantitative estimate of drug-likeness (QED) is 0.495. The SMILES string of the molecule is Cc1ccccc1-c1c2oc3ccccc3c2cn[n+]1C. The van der Waals surface area contributed by atoms with Gasteiger partial charge in [-0.1, -0.05) is 41.1 Å². The monoisotopic (exact) mass is 275 g/mol. The van der Waals surface area contributed by atoms with Gasteiger partial charge in [0.05, 0.1) is 10.9 Å². The van der Waals surface area contributed by atoms with Crippen LogP contribution in [0.2, 0.25) is 0 Å². The zero-order valence-corrected chi connectivity index (χ0v) is 12.0. The Labute approximate surface area is 122 Å². The fourth-order valence-electron chi connectivity index (χ4n) is 2.85. The number of benzene rings is 2. The molecular weight excluding hydrogens is 260 g/mol. The third-order valence-corrected chi connectivity index (χ3v) is 3.93. The summed E-state index contributed by atoms with van der Waals surface area (Å²) in [7, 11) is 1.95. The average molecular weight is 275 g/mol. The van der Waals surface area contributed by atoms with Gasteiger partial charge in [0.15, 0.2) is 7.05 Å². The number of para-hydroxylation sites is 1. The predicted octanol–water partition coefficient (Wildman–Crippen LogP) is 3.78. The van der Waals surface area contributed by atoms with E-state index in [2.05, 4.69) is 30.2 Å². The van der Waals surface area contributed by atoms with Crippen LogP contribution in [0.5, 0.6) is 0 Å². The van der Waals surface area contributed by atoms with Gasteiger partial charge in [-0.05, 0) is 29.7 Å². The molecule has 0 amide bonds. The van der Waals surface area contributed by atoms with Gasteiger partial charge in [0.2, 0.25) is 5.58 Å². The topological polar surface area (TPSA) is 29.9 Å². The molecular formula is C18H15N2O+. The second kappa shape index (κ2) is 4.42. The Morgan fingerprint density at radius 3 is 2.57 bits per heavy atom. The first-order chi connectivity index (χ1) is 10.3. The van der Waals surface area contributed by atoms with E-state index in [1.807, 2.05) is 48.3 Å². The van der Waals surface area contributed by atoms with Crippen LogP contribution in [0, 0.1) is 6.92 Å². The number of nitrogens with zero attached hydrogens (tertiary/aromatic N) is 2. The summed E-state index contributed by atoms with van der Waals surface area (Å²) in [4.78, 5) is 0. The Hall–Kier alpha value is -2.68. The molecule has 2 heterocycles. The fourth-order valence-corrected chi connectivity index (χ4v) is 2.85. The van der Waals surface area contributed by atoms with Gasteiger partial charge >= 0.3 is 0 Å². The summed E-state index contributed by atoms with van der Waals surface area (Å²) in [6, 6.07) is 16.4. The molecule has 0 aliphatic carbocycles. The number of aryl methyl sites for hydroxylation is 2. The molecule has 3 nitrogen and oxygen atoms in total. The summed E-state index contributed by atoms with van der Waals surface area (Å²) in [6.45, 7) is 2.11. The summed E-state index contributed by atoms with van der Waals surface area (Å²) < 4.78 is 7.99. The first-order valence-corrected chi connectivity index (χ1v) is 6.98. The molecule has 2 aromatic carbocycles. The Morgan fingerprint density at radius 1 is 0.952 bits per heavy atom. The van der Waals surface area contributed by atoms with Gasteiger partial charge in [0.25, 0.3) is 5.69 Å². The summed E-state index contributed by atoms with van der Waals surface area (Å²) in [5.41, 5.74) is 5.17. The molecule has 0 N–H and O–H groups in total. The largest absolute Gasteiger partial charge is 0.449 e. The van der Waals surface area contributed by atoms with Crippen molar-refractivity contribution < 1.29 is 9.10 Å². The van der Waals surface area contributed by atoms with E-state index in [0.717, 1.165) is 33.2 Å². The van der Waals surface area contributed by atoms with Crippen molar-refractivity contribution in [3.05, 3.63) is 60.3 Å². The standard InChI is InChI=1S/C18H15N2O/c1-12-7-3-4-8-13(12)17-18-15(11-19-20(17)2)14-9-5-6-10-16(14)21-18/h3-11H,1-2H3/q+1. The highest BCUT2D eigenvalue weighted by Gasteiger charge is 2.22. The van der Waals surface area contributed by atoms with Crippen LogP contribution in [0.15, 0.2) is 59.1 Å². The lowest BCUT2D eigenvalue weighted by Gasteiger charge is -2.02. The molecule has 0 saturated heterocycles. The van der Waals surface area contributed by atoms with Gasteiger partial charge in [-0.3, -0.25) is 0 Å². The van der Waals surface area contributed by atoms with E-state index in [1.165, 1.54) is 5.56 Å². The van der Waals surface area contributed by atoms with Crippen LogP contribution in [0.25, 0.3) is 33.2 Å². The van der Waals surface area contributed by atoms with Gasteiger partial charge in [-0.15, -0.1) is 0 Å². The van der Waals surface area contributed by atoms with Crippen LogP contribution >= 0.6 is 0 Å². The van der Waals surface area contributed by atoms with Crippen molar-refractivity contribution in [1.29, 1.82) is 0 Å². The Morgan fingerprint density at radius 2 is 1.71 bits per heavy atom. The molecule has 0 spiro atoms. The maximum Gasteiger partial charge on any atom is 0.282 e. The van der Waals surface area contributed by atoms with E-state index < -0.39 is 0 Å². The molecule has 4 rings (SSSR count). The molecule has 0 aliphatic heterocycles. The van der Waals surface area contributed by atoms with Crippen LogP contribution in [0.1, 0.15) is 5.56 Å². The summed E-state index contributed by atoms with van der Waals surface area (Å²) in [5.74, 6) is 0. The molecule has 0 fully saturated rings. The normalized spacial score (nSPS) is 11.3. The minimum absolute atomic E-state index is 0.892. The van der Waals surface area contributed by atoms with Crippen LogP contribution in [0.3, 0.4) is 0 Å². The second-order valence-electron chi connectivity index (χ2n) is 5.27. The lowest BCUT2D eigenvalue weighted by molar-refractivity contribution is -0.719. The van der Waals surface area contributed by atoms with Gasteiger partial charge in [0, 0.05) is 5.39 Å². The average Bonchev–Trinajstić information content (AvgIpc) is 2.87. The minimum atomic E-state index is 0.892. The highest BCUT2D eigenvalue weighted by Crippen LogP contribution is 2.33. The number of hydrogen-bond donors (Lipinski definition) is 0. The van der Waals surface area contributed by atoms with Crippen molar-refractivity contribution in [2.75, 3.05) is 0 Å². The molecule has 21 heavy (non-hydrogen) atoms. The maximum absolute atomic E-state index is 6.11. The fraction of sp³-hybridized carbons (Fsp3) is 0.111. The zero-order valence-electron chi connectivity index (χ0n) is 12.0. The van der Waals surface area contributed by atoms with Crippen molar-refractivity contribution in [3.63, 3.8) is 0 Å². The summed E-state index contributed by atoms with van der Waals surface area (Å²) in [5, 5.41) is 6.67. The van der Waals surface area contributed by atoms with E-state index in [1.54, 1.807) is 0 Å². The third-order valence-electron chi connectivity index (χ3n) is 3.93. The predicted molar refractivity (Wildman–Crippen MR) is 82.9 cm³/mol. The molecule has 0 saturated carbocycles. The molecule has 0 unspecified atom stereocenters. The van der Waals surface area contributed by atoms with Crippen molar-refractivity contribution in [1.82, 2.24) is 5.10 Å². The van der Waals surface area contributed by atoms with E-state index in [0.29, 0.717) is 0 Å². The first kappa shape index (κ1) is 12.1. The number of furan rings is 1. The van der Waals surface area contributed by atoms with E-state index >= 15 is 0 Å². The number of fused-ring (bicyclic) bond motifs is 3.